The SMILES string of the molecule is COC(=O)N[C@@H](CCCCCCC[C@@H]1CCCC1C(=O)O)C(=O)N1C[C@H](OC(=O)N2CCc3ccccc3C2)C[C@H]1C(N)=O. The van der Waals surface area contributed by atoms with Gasteiger partial charge in [-0.2, -0.15) is 0 Å². The predicted molar refractivity (Wildman–Crippen MR) is 160 cm³/mol. The molecule has 0 bridgehead atoms. The molecule has 0 spiro atoms. The first-order valence-corrected chi connectivity index (χ1v) is 15.9. The molecule has 1 saturated heterocycles. The number of methoxy groups -OCH3 is 1. The van der Waals surface area contributed by atoms with Crippen LogP contribution in [0.25, 0.3) is 0 Å². The fraction of sp³-hybridized carbons (Fsp3) is 0.656. The van der Waals surface area contributed by atoms with Gasteiger partial charge in [0.25, 0.3) is 0 Å². The Bertz CT molecular complexity index is 1190. The maximum Gasteiger partial charge on any atom is 0.410 e. The van der Waals surface area contributed by atoms with Gasteiger partial charge in [-0.05, 0) is 49.1 Å². The summed E-state index contributed by atoms with van der Waals surface area (Å²) in [5, 5.41) is 12.0. The molecule has 4 amide bonds. The van der Waals surface area contributed by atoms with Crippen LogP contribution < -0.4 is 11.1 Å². The molecule has 44 heavy (non-hydrogen) atoms. The molecule has 1 aromatic rings. The van der Waals surface area contributed by atoms with Gasteiger partial charge in [0.2, 0.25) is 11.8 Å². The normalized spacial score (nSPS) is 23.5. The number of carboxylic acid groups (broad SMARTS) is 1. The van der Waals surface area contributed by atoms with Crippen LogP contribution in [0.2, 0.25) is 0 Å². The highest BCUT2D eigenvalue weighted by atomic mass is 16.6. The molecule has 1 aliphatic carbocycles. The molecule has 0 aromatic heterocycles. The van der Waals surface area contributed by atoms with E-state index < -0.39 is 48.2 Å². The number of primary amides is 1. The number of ether oxygens (including phenoxy) is 2. The summed E-state index contributed by atoms with van der Waals surface area (Å²) >= 11 is 0. The third-order valence-corrected chi connectivity index (χ3v) is 9.35. The number of hydrogen-bond acceptors (Lipinski definition) is 7. The minimum absolute atomic E-state index is 0.000460. The van der Waals surface area contributed by atoms with Crippen LogP contribution in [0, 0.1) is 11.8 Å². The quantitative estimate of drug-likeness (QED) is 0.283. The van der Waals surface area contributed by atoms with E-state index in [1.54, 1.807) is 4.90 Å². The lowest BCUT2D eigenvalue weighted by molar-refractivity contribution is -0.143. The lowest BCUT2D eigenvalue weighted by Gasteiger charge is -2.29. The molecule has 0 radical (unpaired) electrons. The van der Waals surface area contributed by atoms with E-state index in [0.29, 0.717) is 25.9 Å². The van der Waals surface area contributed by atoms with Crippen LogP contribution in [0.3, 0.4) is 0 Å². The molecular weight excluding hydrogens is 568 g/mol. The number of rotatable bonds is 13. The van der Waals surface area contributed by atoms with Crippen molar-refractivity contribution in [2.75, 3.05) is 20.2 Å². The van der Waals surface area contributed by atoms with Crippen LogP contribution in [0.5, 0.6) is 0 Å². The zero-order valence-corrected chi connectivity index (χ0v) is 25.6. The number of hydrogen-bond donors (Lipinski definition) is 3. The summed E-state index contributed by atoms with van der Waals surface area (Å²) in [7, 11) is 1.21. The minimum atomic E-state index is -0.963. The Hall–Kier alpha value is -3.83. The number of fused-ring (bicyclic) bond motifs is 1. The average molecular weight is 615 g/mol. The van der Waals surface area contributed by atoms with Gasteiger partial charge in [0, 0.05) is 19.5 Å². The Kier molecular flexibility index (Phi) is 11.8. The van der Waals surface area contributed by atoms with E-state index in [1.807, 2.05) is 24.3 Å². The second-order valence-corrected chi connectivity index (χ2v) is 12.3. The van der Waals surface area contributed by atoms with Crippen molar-refractivity contribution < 1.29 is 38.6 Å². The van der Waals surface area contributed by atoms with Gasteiger partial charge >= 0.3 is 18.2 Å². The summed E-state index contributed by atoms with van der Waals surface area (Å²) in [5.74, 6) is -1.81. The van der Waals surface area contributed by atoms with E-state index in [0.717, 1.165) is 63.4 Å². The number of carbonyl (C=O) groups excluding carboxylic acids is 4. The maximum atomic E-state index is 13.6. The number of benzene rings is 1. The highest BCUT2D eigenvalue weighted by molar-refractivity contribution is 5.91. The molecule has 4 N–H and O–H groups in total. The van der Waals surface area contributed by atoms with E-state index in [4.69, 9.17) is 15.2 Å². The summed E-state index contributed by atoms with van der Waals surface area (Å²) < 4.78 is 10.5. The Morgan fingerprint density at radius 1 is 1.05 bits per heavy atom. The number of aliphatic carboxylic acids is 1. The first kappa shape index (κ1) is 33.1. The van der Waals surface area contributed by atoms with Crippen molar-refractivity contribution >= 4 is 30.0 Å². The zero-order chi connectivity index (χ0) is 31.6. The van der Waals surface area contributed by atoms with Crippen LogP contribution in [-0.2, 0) is 36.8 Å². The van der Waals surface area contributed by atoms with Crippen molar-refractivity contribution in [1.29, 1.82) is 0 Å². The second kappa shape index (κ2) is 15.8. The number of carbonyl (C=O) groups is 5. The Balaban J connectivity index is 1.27. The molecule has 4 rings (SSSR count). The first-order valence-electron chi connectivity index (χ1n) is 15.9. The number of carboxylic acids is 1. The van der Waals surface area contributed by atoms with E-state index in [9.17, 15) is 29.1 Å². The Labute approximate surface area is 258 Å². The number of alkyl carbamates (subject to hydrolysis) is 1. The number of likely N-dealkylation sites (tertiary alicyclic amines) is 1. The second-order valence-electron chi connectivity index (χ2n) is 12.3. The average Bonchev–Trinajstić information content (AvgIpc) is 3.67. The molecular formula is C32H46N4O8. The molecule has 12 nitrogen and oxygen atoms in total. The molecule has 2 fully saturated rings. The van der Waals surface area contributed by atoms with Gasteiger partial charge in [-0.15, -0.1) is 0 Å². The molecule has 242 valence electrons. The number of unbranched alkanes of at least 4 members (excludes halogenated alkanes) is 4. The van der Waals surface area contributed by atoms with Crippen molar-refractivity contribution in [3.05, 3.63) is 35.4 Å². The molecule has 2 heterocycles. The molecule has 1 unspecified atom stereocenters. The van der Waals surface area contributed by atoms with Crippen LogP contribution in [0.1, 0.15) is 81.8 Å². The van der Waals surface area contributed by atoms with Gasteiger partial charge in [-0.25, -0.2) is 9.59 Å². The Morgan fingerprint density at radius 2 is 1.77 bits per heavy atom. The number of nitrogens with zero attached hydrogens (tertiary/aromatic N) is 2. The van der Waals surface area contributed by atoms with Crippen LogP contribution in [0.15, 0.2) is 24.3 Å². The largest absolute Gasteiger partial charge is 0.481 e. The first-order chi connectivity index (χ1) is 21.2. The van der Waals surface area contributed by atoms with Crippen LogP contribution >= 0.6 is 0 Å². The topological polar surface area (TPSA) is 169 Å². The summed E-state index contributed by atoms with van der Waals surface area (Å²) in [5.41, 5.74) is 7.91. The number of amides is 4. The molecule has 2 aliphatic heterocycles. The molecule has 1 saturated carbocycles. The van der Waals surface area contributed by atoms with Crippen molar-refractivity contribution in [3.63, 3.8) is 0 Å². The van der Waals surface area contributed by atoms with Gasteiger partial charge in [0.15, 0.2) is 0 Å². The van der Waals surface area contributed by atoms with E-state index in [1.165, 1.54) is 17.6 Å². The highest BCUT2D eigenvalue weighted by Crippen LogP contribution is 2.35. The van der Waals surface area contributed by atoms with Crippen molar-refractivity contribution in [1.82, 2.24) is 15.1 Å². The van der Waals surface area contributed by atoms with Gasteiger partial charge in [0.05, 0.1) is 19.6 Å². The number of nitrogens with two attached hydrogens (primary N) is 1. The van der Waals surface area contributed by atoms with Crippen molar-refractivity contribution in [2.45, 2.75) is 102 Å². The van der Waals surface area contributed by atoms with Crippen LogP contribution in [0.4, 0.5) is 9.59 Å². The standard InChI is InChI=1S/C32H46N4O8/c1-43-31(41)34-26(15-6-4-2-3-5-11-22-13-9-14-25(22)30(39)40)29(38)36-20-24(18-27(36)28(33)37)44-32(42)35-17-16-21-10-7-8-12-23(21)19-35/h7-8,10,12,22,24-27H,2-6,9,11,13-20H2,1H3,(H2,33,37)(H,34,41)(H,39,40)/t22-,24-,25?,26+,27+/m1/s1. The van der Waals surface area contributed by atoms with Gasteiger partial charge in [-0.3, -0.25) is 14.4 Å². The monoisotopic (exact) mass is 614 g/mol. The van der Waals surface area contributed by atoms with Crippen molar-refractivity contribution in [2.24, 2.45) is 17.6 Å². The summed E-state index contributed by atoms with van der Waals surface area (Å²) in [6.45, 7) is 0.942. The lowest BCUT2D eigenvalue weighted by atomic mass is 9.90. The van der Waals surface area contributed by atoms with Gasteiger partial charge in [0.1, 0.15) is 18.2 Å². The smallest absolute Gasteiger partial charge is 0.410 e. The van der Waals surface area contributed by atoms with E-state index >= 15 is 0 Å². The lowest BCUT2D eigenvalue weighted by Crippen LogP contribution is -2.53. The molecule has 3 aliphatic rings. The van der Waals surface area contributed by atoms with Crippen LogP contribution in [-0.4, -0.2) is 83.3 Å². The summed E-state index contributed by atoms with van der Waals surface area (Å²) in [4.78, 5) is 65.4. The van der Waals surface area contributed by atoms with E-state index in [-0.39, 0.29) is 24.8 Å². The third kappa shape index (κ3) is 8.63. The fourth-order valence-electron chi connectivity index (χ4n) is 6.92. The maximum absolute atomic E-state index is 13.6. The van der Waals surface area contributed by atoms with Crippen molar-refractivity contribution in [3.8, 4) is 0 Å². The molecule has 1 aromatic carbocycles. The molecule has 12 heteroatoms. The zero-order valence-electron chi connectivity index (χ0n) is 25.6. The van der Waals surface area contributed by atoms with Gasteiger partial charge < -0.3 is 35.4 Å². The summed E-state index contributed by atoms with van der Waals surface area (Å²) in [6, 6.07) is 6.04. The minimum Gasteiger partial charge on any atom is -0.481 e. The Morgan fingerprint density at radius 3 is 2.50 bits per heavy atom. The fourth-order valence-corrected chi connectivity index (χ4v) is 6.92. The summed E-state index contributed by atoms with van der Waals surface area (Å²) in [6.07, 6.45) is 7.20. The highest BCUT2D eigenvalue weighted by Gasteiger charge is 2.43. The third-order valence-electron chi connectivity index (χ3n) is 9.35. The number of nitrogens with one attached hydrogen (secondary N) is 1. The van der Waals surface area contributed by atoms with E-state index in [2.05, 4.69) is 5.32 Å². The van der Waals surface area contributed by atoms with Gasteiger partial charge in [-0.1, -0.05) is 62.8 Å². The predicted octanol–water partition coefficient (Wildman–Crippen LogP) is 3.59. The molecule has 5 atom stereocenters.